The van der Waals surface area contributed by atoms with E-state index >= 15 is 0 Å². The minimum atomic E-state index is 0.666. The average molecular weight is 580 g/mol. The van der Waals surface area contributed by atoms with E-state index < -0.39 is 0 Å². The molecule has 0 fully saturated rings. The van der Waals surface area contributed by atoms with Crippen LogP contribution in [0.25, 0.3) is 44.7 Å². The number of fused-ring (bicyclic) bond motifs is 5. The third-order valence-electron chi connectivity index (χ3n) is 8.32. The number of aromatic nitrogens is 2. The zero-order chi connectivity index (χ0) is 30.6. The van der Waals surface area contributed by atoms with E-state index in [9.17, 15) is 0 Å². The van der Waals surface area contributed by atoms with Crippen LogP contribution in [-0.4, -0.2) is 9.55 Å². The summed E-state index contributed by atoms with van der Waals surface area (Å²) >= 11 is 0. The molecule has 1 aliphatic heterocycles. The summed E-state index contributed by atoms with van der Waals surface area (Å²) < 4.78 is 2.47. The molecule has 216 valence electrons. The molecule has 0 unspecified atom stereocenters. The molecule has 0 N–H and O–H groups in total. The average Bonchev–Trinajstić information content (AvgIpc) is 3.43. The Balaban J connectivity index is 0.00000104. The van der Waals surface area contributed by atoms with Crippen LogP contribution in [0.15, 0.2) is 146 Å². The van der Waals surface area contributed by atoms with Crippen molar-refractivity contribution >= 4 is 39.3 Å². The standard InChI is InChI=1S/C39H29N3.C3H4/c1-2-14-29(15-3-1)34-22-12-26-39(40-34)41-27-38-33(21-10-18-30-16-5-8-23-35(30)41)32-20-7-9-24-37(32)42(38)36-25-11-17-28-13-4-6-19-31(28)36;1-3-2/h1-17,19-26H,18,27H2;1H,2H3/b21-10-;. The van der Waals surface area contributed by atoms with Crippen LogP contribution in [0.3, 0.4) is 0 Å². The smallest absolute Gasteiger partial charge is 0.134 e. The van der Waals surface area contributed by atoms with Crippen molar-refractivity contribution in [1.82, 2.24) is 9.55 Å². The van der Waals surface area contributed by atoms with Gasteiger partial charge in [-0.05, 0) is 54.6 Å². The van der Waals surface area contributed by atoms with E-state index in [1.807, 2.05) is 6.07 Å². The van der Waals surface area contributed by atoms with Crippen molar-refractivity contribution in [3.05, 3.63) is 162 Å². The fourth-order valence-corrected chi connectivity index (χ4v) is 6.37. The molecule has 0 bridgehead atoms. The van der Waals surface area contributed by atoms with Gasteiger partial charge in [-0.15, -0.1) is 12.3 Å². The summed E-state index contributed by atoms with van der Waals surface area (Å²) in [6.45, 7) is 2.32. The van der Waals surface area contributed by atoms with Gasteiger partial charge in [0.2, 0.25) is 0 Å². The molecular formula is C42H33N3. The van der Waals surface area contributed by atoms with Crippen molar-refractivity contribution in [2.75, 3.05) is 4.90 Å². The highest BCUT2D eigenvalue weighted by Gasteiger charge is 2.24. The Kier molecular flexibility index (Phi) is 7.71. The molecule has 45 heavy (non-hydrogen) atoms. The van der Waals surface area contributed by atoms with Gasteiger partial charge in [0.05, 0.1) is 29.1 Å². The van der Waals surface area contributed by atoms with Crippen molar-refractivity contribution in [2.45, 2.75) is 19.9 Å². The molecule has 0 amide bonds. The molecule has 7 aromatic rings. The Morgan fingerprint density at radius 2 is 1.33 bits per heavy atom. The van der Waals surface area contributed by atoms with Gasteiger partial charge in [0, 0.05) is 27.6 Å². The number of benzene rings is 5. The number of terminal acetylenes is 1. The third-order valence-corrected chi connectivity index (χ3v) is 8.32. The second kappa shape index (κ2) is 12.4. The molecule has 3 heteroatoms. The zero-order valence-electron chi connectivity index (χ0n) is 25.3. The molecule has 1 aliphatic rings. The summed E-state index contributed by atoms with van der Waals surface area (Å²) in [5.41, 5.74) is 9.46. The van der Waals surface area contributed by atoms with Gasteiger partial charge in [-0.25, -0.2) is 4.98 Å². The minimum Gasteiger partial charge on any atom is -0.320 e. The van der Waals surface area contributed by atoms with E-state index in [-0.39, 0.29) is 0 Å². The quantitative estimate of drug-likeness (QED) is 0.194. The summed E-state index contributed by atoms with van der Waals surface area (Å²) in [7, 11) is 0. The second-order valence-electron chi connectivity index (χ2n) is 11.1. The van der Waals surface area contributed by atoms with Gasteiger partial charge in [-0.3, -0.25) is 0 Å². The van der Waals surface area contributed by atoms with Crippen molar-refractivity contribution in [1.29, 1.82) is 0 Å². The summed E-state index contributed by atoms with van der Waals surface area (Å²) in [6.07, 6.45) is 10.1. The molecule has 0 aliphatic carbocycles. The molecule has 2 aromatic heterocycles. The largest absolute Gasteiger partial charge is 0.320 e. The van der Waals surface area contributed by atoms with Gasteiger partial charge in [-0.2, -0.15) is 0 Å². The van der Waals surface area contributed by atoms with Crippen LogP contribution in [0.1, 0.15) is 23.7 Å². The lowest BCUT2D eigenvalue weighted by molar-refractivity contribution is 0.873. The number of rotatable bonds is 3. The number of hydrogen-bond acceptors (Lipinski definition) is 2. The number of anilines is 2. The highest BCUT2D eigenvalue weighted by Crippen LogP contribution is 2.39. The Morgan fingerprint density at radius 3 is 2.20 bits per heavy atom. The lowest BCUT2D eigenvalue weighted by Crippen LogP contribution is -2.21. The number of nitrogens with zero attached hydrogens (tertiary/aromatic N) is 3. The van der Waals surface area contributed by atoms with E-state index in [0.717, 1.165) is 23.5 Å². The number of hydrogen-bond donors (Lipinski definition) is 0. The predicted octanol–water partition coefficient (Wildman–Crippen LogP) is 10.4. The minimum absolute atomic E-state index is 0.666. The maximum Gasteiger partial charge on any atom is 0.134 e. The van der Waals surface area contributed by atoms with E-state index in [1.165, 1.54) is 49.9 Å². The molecule has 0 spiro atoms. The Bertz CT molecular complexity index is 2190. The number of para-hydroxylation sites is 2. The molecule has 0 saturated heterocycles. The summed E-state index contributed by atoms with van der Waals surface area (Å²) in [5.74, 6) is 3.19. The molecule has 5 aromatic carbocycles. The van der Waals surface area contributed by atoms with Crippen LogP contribution < -0.4 is 4.90 Å². The second-order valence-corrected chi connectivity index (χ2v) is 11.1. The summed E-state index contributed by atoms with van der Waals surface area (Å²) in [5, 5.41) is 3.73. The van der Waals surface area contributed by atoms with Crippen LogP contribution in [-0.2, 0) is 13.0 Å². The Morgan fingerprint density at radius 1 is 0.667 bits per heavy atom. The maximum absolute atomic E-state index is 5.24. The Labute approximate surface area is 264 Å². The molecule has 3 nitrogen and oxygen atoms in total. The summed E-state index contributed by atoms with van der Waals surface area (Å²) in [4.78, 5) is 7.64. The van der Waals surface area contributed by atoms with Gasteiger partial charge in [0.15, 0.2) is 0 Å². The monoisotopic (exact) mass is 579 g/mol. The molecule has 3 heterocycles. The van der Waals surface area contributed by atoms with E-state index in [1.54, 1.807) is 6.92 Å². The maximum atomic E-state index is 5.24. The van der Waals surface area contributed by atoms with Crippen LogP contribution in [0.5, 0.6) is 0 Å². The SMILES string of the molecule is C#CC.C1=C\c2c(n(-c3cccc4ccccc34)c3ccccc23)CN(c2cccc(-c3ccccc3)n2)c2ccccc2C/1. The van der Waals surface area contributed by atoms with Crippen LogP contribution >= 0.6 is 0 Å². The predicted molar refractivity (Wildman–Crippen MR) is 190 cm³/mol. The third kappa shape index (κ3) is 5.28. The van der Waals surface area contributed by atoms with Crippen molar-refractivity contribution in [3.63, 3.8) is 0 Å². The van der Waals surface area contributed by atoms with E-state index in [0.29, 0.717) is 6.54 Å². The lowest BCUT2D eigenvalue weighted by atomic mass is 10.1. The van der Waals surface area contributed by atoms with E-state index in [2.05, 4.69) is 167 Å². The van der Waals surface area contributed by atoms with Crippen LogP contribution in [0, 0.1) is 12.3 Å². The number of pyridine rings is 1. The fraction of sp³-hybridized carbons (Fsp3) is 0.0714. The van der Waals surface area contributed by atoms with Gasteiger partial charge in [0.1, 0.15) is 5.82 Å². The topological polar surface area (TPSA) is 21.1 Å². The first-order valence-corrected chi connectivity index (χ1v) is 15.3. The van der Waals surface area contributed by atoms with Crippen LogP contribution in [0.2, 0.25) is 0 Å². The van der Waals surface area contributed by atoms with Crippen molar-refractivity contribution in [3.8, 4) is 29.3 Å². The molecule has 0 atom stereocenters. The van der Waals surface area contributed by atoms with Gasteiger partial charge < -0.3 is 9.47 Å². The normalized spacial score (nSPS) is 12.9. The van der Waals surface area contributed by atoms with Crippen LogP contribution in [0.4, 0.5) is 11.5 Å². The first-order valence-electron chi connectivity index (χ1n) is 15.3. The lowest BCUT2D eigenvalue weighted by Gasteiger charge is -2.27. The first kappa shape index (κ1) is 28.0. The summed E-state index contributed by atoms with van der Waals surface area (Å²) in [6, 6.07) is 49.6. The van der Waals surface area contributed by atoms with Gasteiger partial charge in [0.25, 0.3) is 0 Å². The molecule has 0 saturated carbocycles. The molecular weight excluding hydrogens is 546 g/mol. The molecule has 0 radical (unpaired) electrons. The van der Waals surface area contributed by atoms with E-state index in [4.69, 9.17) is 4.98 Å². The highest BCUT2D eigenvalue weighted by atomic mass is 15.2. The van der Waals surface area contributed by atoms with Crippen molar-refractivity contribution < 1.29 is 0 Å². The highest BCUT2D eigenvalue weighted by molar-refractivity contribution is 5.97. The van der Waals surface area contributed by atoms with Crippen molar-refractivity contribution in [2.24, 2.45) is 0 Å². The zero-order valence-corrected chi connectivity index (χ0v) is 25.3. The fourth-order valence-electron chi connectivity index (χ4n) is 6.37. The number of allylic oxidation sites excluding steroid dienone is 1. The van der Waals surface area contributed by atoms with Gasteiger partial charge in [-0.1, -0.05) is 121 Å². The first-order chi connectivity index (χ1) is 22.3. The van der Waals surface area contributed by atoms with Gasteiger partial charge >= 0.3 is 0 Å². The Hall–Kier alpha value is -5.85. The molecule has 8 rings (SSSR count).